The fourth-order valence-corrected chi connectivity index (χ4v) is 5.73. The highest BCUT2D eigenvalue weighted by molar-refractivity contribution is 5.83. The lowest BCUT2D eigenvalue weighted by Crippen LogP contribution is -2.16. The average Bonchev–Trinajstić information content (AvgIpc) is 3.45. The molecule has 0 amide bonds. The van der Waals surface area contributed by atoms with E-state index in [0.29, 0.717) is 5.95 Å². The second-order valence-corrected chi connectivity index (χ2v) is 9.83. The highest BCUT2D eigenvalue weighted by Gasteiger charge is 2.29. The van der Waals surface area contributed by atoms with Gasteiger partial charge in [-0.25, -0.2) is 15.1 Å². The molecule has 5 aromatic rings. The Hall–Kier alpha value is -4.07. The Labute approximate surface area is 210 Å². The van der Waals surface area contributed by atoms with Crippen LogP contribution < -0.4 is 4.90 Å². The van der Waals surface area contributed by atoms with Gasteiger partial charge in [0.05, 0.1) is 17.1 Å². The zero-order valence-corrected chi connectivity index (χ0v) is 21.6. The second-order valence-electron chi connectivity index (χ2n) is 9.83. The van der Waals surface area contributed by atoms with Gasteiger partial charge in [-0.05, 0) is 104 Å². The van der Waals surface area contributed by atoms with Gasteiger partial charge in [-0.3, -0.25) is 9.47 Å². The summed E-state index contributed by atoms with van der Waals surface area (Å²) in [6, 6.07) is 11.0. The molecular formula is C28H30N8. The minimum atomic E-state index is 0.616. The Morgan fingerprint density at radius 2 is 1.75 bits per heavy atom. The number of aryl methyl sites for hydroxylation is 6. The molecule has 0 unspecified atom stereocenters. The van der Waals surface area contributed by atoms with Crippen LogP contribution in [0.25, 0.3) is 16.9 Å². The zero-order chi connectivity index (χ0) is 25.1. The number of aromatic nitrogens is 7. The highest BCUT2D eigenvalue weighted by Crippen LogP contribution is 2.44. The predicted molar refractivity (Wildman–Crippen MR) is 142 cm³/mol. The van der Waals surface area contributed by atoms with E-state index in [4.69, 9.17) is 9.97 Å². The Kier molecular flexibility index (Phi) is 5.14. The summed E-state index contributed by atoms with van der Waals surface area (Å²) in [5, 5.41) is 15.1. The quantitative estimate of drug-likeness (QED) is 0.363. The second kappa shape index (κ2) is 8.26. The number of tetrazole rings is 1. The number of nitrogens with one attached hydrogen (secondary N) is 1. The number of anilines is 3. The summed E-state index contributed by atoms with van der Waals surface area (Å²) in [5.41, 5.74) is 13.7. The summed E-state index contributed by atoms with van der Waals surface area (Å²) in [6.07, 6.45) is 2.68. The van der Waals surface area contributed by atoms with Gasteiger partial charge in [0.2, 0.25) is 0 Å². The molecular weight excluding hydrogens is 448 g/mol. The molecule has 0 saturated heterocycles. The number of nitrogens with zero attached hydrogens (tertiary/aromatic N) is 7. The summed E-state index contributed by atoms with van der Waals surface area (Å²) in [4.78, 5) is 12.1. The van der Waals surface area contributed by atoms with Crippen LogP contribution in [0.15, 0.2) is 30.3 Å². The summed E-state index contributed by atoms with van der Waals surface area (Å²) in [6.45, 7) is 12.9. The lowest BCUT2D eigenvalue weighted by Gasteiger charge is -2.27. The van der Waals surface area contributed by atoms with Gasteiger partial charge in [0.1, 0.15) is 11.3 Å². The minimum Gasteiger partial charge on any atom is -0.280 e. The number of H-pyrrole nitrogens is 1. The molecule has 1 aliphatic rings. The fraction of sp³-hybridized carbons (Fsp3) is 0.321. The molecule has 1 aliphatic heterocycles. The normalized spacial score (nSPS) is 13.1. The van der Waals surface area contributed by atoms with Gasteiger partial charge >= 0.3 is 0 Å². The maximum atomic E-state index is 5.02. The van der Waals surface area contributed by atoms with Crippen LogP contribution in [0.2, 0.25) is 0 Å². The zero-order valence-electron chi connectivity index (χ0n) is 21.6. The molecule has 6 rings (SSSR count). The van der Waals surface area contributed by atoms with Crippen LogP contribution in [0.3, 0.4) is 0 Å². The van der Waals surface area contributed by atoms with Gasteiger partial charge in [0.25, 0.3) is 5.95 Å². The van der Waals surface area contributed by atoms with Crippen LogP contribution in [-0.4, -0.2) is 35.2 Å². The van der Waals surface area contributed by atoms with E-state index in [1.54, 1.807) is 0 Å². The molecule has 8 heteroatoms. The van der Waals surface area contributed by atoms with Crippen molar-refractivity contribution >= 4 is 28.5 Å². The molecule has 0 saturated carbocycles. The van der Waals surface area contributed by atoms with Crippen LogP contribution in [0, 0.1) is 34.6 Å². The number of hydrogen-bond acceptors (Lipinski definition) is 6. The van der Waals surface area contributed by atoms with E-state index in [-0.39, 0.29) is 0 Å². The third kappa shape index (κ3) is 3.31. The molecule has 0 spiro atoms. The van der Waals surface area contributed by atoms with Crippen molar-refractivity contribution in [3.8, 4) is 5.69 Å². The topological polar surface area (TPSA) is 88.4 Å². The average molecular weight is 479 g/mol. The van der Waals surface area contributed by atoms with Crippen molar-refractivity contribution in [2.75, 3.05) is 4.90 Å². The van der Waals surface area contributed by atoms with Crippen molar-refractivity contribution in [2.24, 2.45) is 0 Å². The molecule has 4 heterocycles. The van der Waals surface area contributed by atoms with E-state index >= 15 is 0 Å². The summed E-state index contributed by atoms with van der Waals surface area (Å²) in [5.74, 6) is 1.64. The summed E-state index contributed by atoms with van der Waals surface area (Å²) in [7, 11) is 0. The first-order chi connectivity index (χ1) is 17.4. The third-order valence-electron chi connectivity index (χ3n) is 7.29. The molecule has 2 aromatic carbocycles. The lowest BCUT2D eigenvalue weighted by atomic mass is 9.95. The Morgan fingerprint density at radius 1 is 0.917 bits per heavy atom. The third-order valence-corrected chi connectivity index (χ3v) is 7.29. The molecule has 3 aromatic heterocycles. The van der Waals surface area contributed by atoms with Gasteiger partial charge < -0.3 is 0 Å². The van der Waals surface area contributed by atoms with E-state index in [1.807, 2.05) is 0 Å². The number of hydrogen-bond donors (Lipinski definition) is 1. The number of benzene rings is 2. The molecule has 0 bridgehead atoms. The minimum absolute atomic E-state index is 0.616. The van der Waals surface area contributed by atoms with E-state index in [9.17, 15) is 0 Å². The van der Waals surface area contributed by atoms with Crippen LogP contribution in [0.5, 0.6) is 0 Å². The smallest absolute Gasteiger partial charge is 0.252 e. The number of fused-ring (bicyclic) bond motifs is 3. The molecule has 8 nitrogen and oxygen atoms in total. The van der Waals surface area contributed by atoms with Crippen molar-refractivity contribution in [3.63, 3.8) is 0 Å². The first-order valence-corrected chi connectivity index (χ1v) is 12.5. The highest BCUT2D eigenvalue weighted by atomic mass is 15.5. The van der Waals surface area contributed by atoms with E-state index < -0.39 is 0 Å². The maximum Gasteiger partial charge on any atom is 0.252 e. The van der Waals surface area contributed by atoms with Crippen molar-refractivity contribution in [2.45, 2.75) is 60.8 Å². The SMILES string of the molecule is CCc1nc2c(C)cc(C)nc2n1-c1c(C)cc2c(c1C)CCc1cc(C)ccc1N2c1nnn[nH]1. The number of imidazole rings is 1. The van der Waals surface area contributed by atoms with Crippen LogP contribution >= 0.6 is 0 Å². The Balaban J connectivity index is 1.65. The molecule has 0 aliphatic carbocycles. The van der Waals surface area contributed by atoms with Gasteiger partial charge in [0.15, 0.2) is 5.65 Å². The Bertz CT molecular complexity index is 1630. The molecule has 0 atom stereocenters. The fourth-order valence-electron chi connectivity index (χ4n) is 5.73. The number of aromatic amines is 1. The van der Waals surface area contributed by atoms with E-state index in [2.05, 4.69) is 102 Å². The summed E-state index contributed by atoms with van der Waals surface area (Å²) >= 11 is 0. The first kappa shape index (κ1) is 22.4. The van der Waals surface area contributed by atoms with Crippen LogP contribution in [0.1, 0.15) is 51.8 Å². The van der Waals surface area contributed by atoms with Crippen molar-refractivity contribution < 1.29 is 0 Å². The molecule has 0 radical (unpaired) electrons. The number of rotatable bonds is 3. The standard InChI is InChI=1S/C28H30N8/c1-7-24-30-25-16(3)13-18(5)29-27(25)36(24)26-17(4)14-23-21(19(26)6)10-9-20-12-15(2)8-11-22(20)35(23)28-31-33-34-32-28/h8,11-14H,7,9-10H2,1-6H3,(H,31,32,33,34). The lowest BCUT2D eigenvalue weighted by molar-refractivity contribution is 0.880. The maximum absolute atomic E-state index is 5.02. The van der Waals surface area contributed by atoms with Crippen molar-refractivity contribution in [1.29, 1.82) is 0 Å². The van der Waals surface area contributed by atoms with E-state index in [1.165, 1.54) is 27.9 Å². The molecule has 0 fully saturated rings. The van der Waals surface area contributed by atoms with Gasteiger partial charge in [-0.15, -0.1) is 0 Å². The molecule has 36 heavy (non-hydrogen) atoms. The van der Waals surface area contributed by atoms with Gasteiger partial charge in [-0.2, -0.15) is 0 Å². The molecule has 1 N–H and O–H groups in total. The predicted octanol–water partition coefficient (Wildman–Crippen LogP) is 5.61. The van der Waals surface area contributed by atoms with Crippen LogP contribution in [0.4, 0.5) is 17.3 Å². The summed E-state index contributed by atoms with van der Waals surface area (Å²) < 4.78 is 2.28. The number of pyridine rings is 1. The van der Waals surface area contributed by atoms with Gasteiger partial charge in [0, 0.05) is 12.1 Å². The Morgan fingerprint density at radius 3 is 2.50 bits per heavy atom. The van der Waals surface area contributed by atoms with Crippen molar-refractivity contribution in [3.05, 3.63) is 75.2 Å². The molecule has 182 valence electrons. The van der Waals surface area contributed by atoms with Crippen LogP contribution in [-0.2, 0) is 19.3 Å². The first-order valence-electron chi connectivity index (χ1n) is 12.5. The van der Waals surface area contributed by atoms with Crippen molar-refractivity contribution in [1.82, 2.24) is 35.2 Å². The van der Waals surface area contributed by atoms with E-state index in [0.717, 1.165) is 64.4 Å². The van der Waals surface area contributed by atoms with Gasteiger partial charge in [-0.1, -0.05) is 29.7 Å². The largest absolute Gasteiger partial charge is 0.280 e. The monoisotopic (exact) mass is 478 g/mol.